The summed E-state index contributed by atoms with van der Waals surface area (Å²) in [5, 5.41) is 12.3. The van der Waals surface area contributed by atoms with Gasteiger partial charge in [-0.05, 0) is 24.6 Å². The van der Waals surface area contributed by atoms with Crippen molar-refractivity contribution in [3.63, 3.8) is 0 Å². The minimum Gasteiger partial charge on any atom is -0.454 e. The zero-order chi connectivity index (χ0) is 17.5. The van der Waals surface area contributed by atoms with Crippen LogP contribution in [-0.2, 0) is 17.9 Å². The smallest absolute Gasteiger partial charge is 0.289 e. The van der Waals surface area contributed by atoms with Crippen molar-refractivity contribution in [1.82, 2.24) is 29.7 Å². The van der Waals surface area contributed by atoms with Gasteiger partial charge in [0.1, 0.15) is 5.76 Å². The largest absolute Gasteiger partial charge is 0.454 e. The lowest BCUT2D eigenvalue weighted by Gasteiger charge is -2.40. The molecule has 3 aromatic rings. The van der Waals surface area contributed by atoms with Crippen LogP contribution >= 0.6 is 0 Å². The molecule has 0 N–H and O–H groups in total. The Bertz CT molecular complexity index is 915. The fraction of sp³-hybridized carbons (Fsp3) is 0.412. The molecule has 0 bridgehead atoms. The van der Waals surface area contributed by atoms with Gasteiger partial charge in [-0.1, -0.05) is 5.21 Å². The number of piperidine rings is 1. The summed E-state index contributed by atoms with van der Waals surface area (Å²) in [6.07, 6.45) is 6.02. The van der Waals surface area contributed by atoms with E-state index in [1.807, 2.05) is 23.0 Å². The Morgan fingerprint density at radius 2 is 2.31 bits per heavy atom. The van der Waals surface area contributed by atoms with Crippen molar-refractivity contribution >= 4 is 5.91 Å². The van der Waals surface area contributed by atoms with E-state index in [1.165, 1.54) is 0 Å². The molecule has 0 saturated carbocycles. The molecule has 5 rings (SSSR count). The zero-order valence-electron chi connectivity index (χ0n) is 14.1. The molecule has 1 saturated heterocycles. The number of aromatic nitrogens is 5. The van der Waals surface area contributed by atoms with Gasteiger partial charge in [0, 0.05) is 25.5 Å². The minimum atomic E-state index is -0.108. The predicted octanol–water partition coefficient (Wildman–Crippen LogP) is 1.10. The molecular weight excluding hydrogens is 336 g/mol. The zero-order valence-corrected chi connectivity index (χ0v) is 14.1. The number of fused-ring (bicyclic) bond motifs is 3. The van der Waals surface area contributed by atoms with Gasteiger partial charge >= 0.3 is 0 Å². The molecule has 1 amide bonds. The van der Waals surface area contributed by atoms with Crippen molar-refractivity contribution in [3.8, 4) is 0 Å². The standard InChI is InChI=1S/C17H18N6O3/c24-17(15-3-2-13(26-15)9-22-6-1-5-19-22)21-7-4-14-16(10-21)25-11-12-8-18-20-23(12)14/h1-3,5-6,8,14,16H,4,7,9-11H2/t14-,16-/m0/s1. The Kier molecular flexibility index (Phi) is 3.59. The third-order valence-electron chi connectivity index (χ3n) is 4.97. The number of hydrogen-bond donors (Lipinski definition) is 0. The Balaban J connectivity index is 1.28. The SMILES string of the molecule is O=C(c1ccc(Cn2cccn2)o1)N1CC[C@H]2[C@H](C1)OCc1cnnn12. The Labute approximate surface area is 149 Å². The lowest BCUT2D eigenvalue weighted by Crippen LogP contribution is -2.50. The van der Waals surface area contributed by atoms with E-state index in [1.54, 1.807) is 28.0 Å². The molecule has 9 nitrogen and oxygen atoms in total. The Hall–Kier alpha value is -2.94. The first-order valence-electron chi connectivity index (χ1n) is 8.64. The molecular formula is C17H18N6O3. The van der Waals surface area contributed by atoms with Gasteiger partial charge < -0.3 is 14.1 Å². The Morgan fingerprint density at radius 3 is 3.19 bits per heavy atom. The van der Waals surface area contributed by atoms with E-state index < -0.39 is 0 Å². The third kappa shape index (κ3) is 2.60. The monoisotopic (exact) mass is 354 g/mol. The van der Waals surface area contributed by atoms with E-state index in [4.69, 9.17) is 9.15 Å². The number of carbonyl (C=O) groups is 1. The first-order chi connectivity index (χ1) is 12.8. The quantitative estimate of drug-likeness (QED) is 0.699. The molecule has 0 aliphatic carbocycles. The lowest BCUT2D eigenvalue weighted by atomic mass is 10.00. The molecule has 2 aliphatic heterocycles. The molecule has 5 heterocycles. The van der Waals surface area contributed by atoms with Crippen molar-refractivity contribution in [2.24, 2.45) is 0 Å². The van der Waals surface area contributed by atoms with Gasteiger partial charge in [0.15, 0.2) is 5.76 Å². The molecule has 9 heteroatoms. The van der Waals surface area contributed by atoms with Crippen LogP contribution in [0.3, 0.4) is 0 Å². The van der Waals surface area contributed by atoms with Crippen LogP contribution in [0.25, 0.3) is 0 Å². The second-order valence-electron chi connectivity index (χ2n) is 6.60. The molecule has 134 valence electrons. The van der Waals surface area contributed by atoms with Crippen molar-refractivity contribution in [2.45, 2.75) is 31.7 Å². The predicted molar refractivity (Wildman–Crippen MR) is 88.2 cm³/mol. The summed E-state index contributed by atoms with van der Waals surface area (Å²) >= 11 is 0. The highest BCUT2D eigenvalue weighted by atomic mass is 16.5. The van der Waals surface area contributed by atoms with Gasteiger partial charge in [-0.25, -0.2) is 4.68 Å². The number of rotatable bonds is 3. The molecule has 3 aromatic heterocycles. The van der Waals surface area contributed by atoms with E-state index in [0.29, 0.717) is 37.8 Å². The topological polar surface area (TPSA) is 91.2 Å². The first kappa shape index (κ1) is 15.3. The number of nitrogens with zero attached hydrogens (tertiary/aromatic N) is 6. The molecule has 1 fully saturated rings. The van der Waals surface area contributed by atoms with Crippen LogP contribution in [0, 0.1) is 0 Å². The highest BCUT2D eigenvalue weighted by Crippen LogP contribution is 2.31. The van der Waals surface area contributed by atoms with E-state index >= 15 is 0 Å². The highest BCUT2D eigenvalue weighted by Gasteiger charge is 2.38. The number of amides is 1. The number of carbonyl (C=O) groups excluding carboxylic acids is 1. The van der Waals surface area contributed by atoms with E-state index in [0.717, 1.165) is 12.1 Å². The van der Waals surface area contributed by atoms with Gasteiger partial charge in [0.05, 0.1) is 37.2 Å². The van der Waals surface area contributed by atoms with Crippen molar-refractivity contribution in [2.75, 3.05) is 13.1 Å². The maximum Gasteiger partial charge on any atom is 0.289 e. The second kappa shape index (κ2) is 6.10. The van der Waals surface area contributed by atoms with E-state index in [2.05, 4.69) is 15.4 Å². The van der Waals surface area contributed by atoms with E-state index in [9.17, 15) is 4.79 Å². The van der Waals surface area contributed by atoms with Crippen LogP contribution in [0.5, 0.6) is 0 Å². The molecule has 0 radical (unpaired) electrons. The second-order valence-corrected chi connectivity index (χ2v) is 6.60. The molecule has 0 unspecified atom stereocenters. The average molecular weight is 354 g/mol. The van der Waals surface area contributed by atoms with Crippen LogP contribution in [-0.4, -0.2) is 54.8 Å². The number of furan rings is 1. The third-order valence-corrected chi connectivity index (χ3v) is 4.97. The van der Waals surface area contributed by atoms with Crippen molar-refractivity contribution in [3.05, 3.63) is 54.0 Å². The summed E-state index contributed by atoms with van der Waals surface area (Å²) in [6, 6.07) is 5.53. The van der Waals surface area contributed by atoms with Gasteiger partial charge in [-0.3, -0.25) is 9.48 Å². The fourth-order valence-electron chi connectivity index (χ4n) is 3.66. The first-order valence-corrected chi connectivity index (χ1v) is 8.64. The van der Waals surface area contributed by atoms with Gasteiger partial charge in [0.25, 0.3) is 5.91 Å². The van der Waals surface area contributed by atoms with Crippen LogP contribution in [0.1, 0.15) is 34.5 Å². The normalized spacial score (nSPS) is 22.1. The molecule has 0 aromatic carbocycles. The lowest BCUT2D eigenvalue weighted by molar-refractivity contribution is -0.0631. The van der Waals surface area contributed by atoms with Crippen LogP contribution in [0.15, 0.2) is 41.2 Å². The maximum atomic E-state index is 12.8. The summed E-state index contributed by atoms with van der Waals surface area (Å²) < 4.78 is 15.3. The summed E-state index contributed by atoms with van der Waals surface area (Å²) in [5.41, 5.74) is 0.986. The van der Waals surface area contributed by atoms with Crippen LogP contribution in [0.2, 0.25) is 0 Å². The minimum absolute atomic E-state index is 0.0691. The van der Waals surface area contributed by atoms with Gasteiger partial charge in [0.2, 0.25) is 0 Å². The summed E-state index contributed by atoms with van der Waals surface area (Å²) in [4.78, 5) is 14.6. The fourth-order valence-corrected chi connectivity index (χ4v) is 3.66. The summed E-state index contributed by atoms with van der Waals surface area (Å²) in [7, 11) is 0. The Morgan fingerprint density at radius 1 is 1.35 bits per heavy atom. The number of hydrogen-bond acceptors (Lipinski definition) is 6. The highest BCUT2D eigenvalue weighted by molar-refractivity contribution is 5.91. The van der Waals surface area contributed by atoms with Crippen molar-refractivity contribution in [1.29, 1.82) is 0 Å². The van der Waals surface area contributed by atoms with Crippen LogP contribution in [0.4, 0.5) is 0 Å². The molecule has 2 aliphatic rings. The average Bonchev–Trinajstić information content (AvgIpc) is 3.42. The molecule has 2 atom stereocenters. The molecule has 26 heavy (non-hydrogen) atoms. The molecule has 0 spiro atoms. The van der Waals surface area contributed by atoms with Crippen molar-refractivity contribution < 1.29 is 13.9 Å². The maximum absolute atomic E-state index is 12.8. The summed E-state index contributed by atoms with van der Waals surface area (Å²) in [6.45, 7) is 2.14. The van der Waals surface area contributed by atoms with E-state index in [-0.39, 0.29) is 18.1 Å². The van der Waals surface area contributed by atoms with Crippen LogP contribution < -0.4 is 0 Å². The number of ether oxygens (including phenoxy) is 1. The summed E-state index contributed by atoms with van der Waals surface area (Å²) in [5.74, 6) is 0.944. The number of likely N-dealkylation sites (tertiary alicyclic amines) is 1. The van der Waals surface area contributed by atoms with Gasteiger partial charge in [-0.15, -0.1) is 5.10 Å². The van der Waals surface area contributed by atoms with Gasteiger partial charge in [-0.2, -0.15) is 5.10 Å².